The maximum atomic E-state index is 7.50. The second-order valence-electron chi connectivity index (χ2n) is 1.37. The van der Waals surface area contributed by atoms with Crippen molar-refractivity contribution < 1.29 is 30.0 Å². The molecule has 14 heavy (non-hydrogen) atoms. The van der Waals surface area contributed by atoms with Crippen molar-refractivity contribution in [1.29, 1.82) is 0 Å². The summed E-state index contributed by atoms with van der Waals surface area (Å²) in [7, 11) is 9.83. The van der Waals surface area contributed by atoms with E-state index in [0.29, 0.717) is 0 Å². The molecule has 1 aliphatic heterocycles. The van der Waals surface area contributed by atoms with E-state index in [0.717, 1.165) is 13.2 Å². The zero-order valence-corrected chi connectivity index (χ0v) is 11.3. The van der Waals surface area contributed by atoms with Gasteiger partial charge in [-0.3, -0.25) is 0 Å². The third kappa shape index (κ3) is 56.0. The van der Waals surface area contributed by atoms with Crippen molar-refractivity contribution in [2.45, 2.75) is 12.8 Å². The van der Waals surface area contributed by atoms with Crippen LogP contribution in [0.4, 0.5) is 0 Å². The van der Waals surface area contributed by atoms with Crippen molar-refractivity contribution in [3.63, 3.8) is 0 Å². The van der Waals surface area contributed by atoms with Gasteiger partial charge in [-0.2, -0.15) is 0 Å². The van der Waals surface area contributed by atoms with E-state index in [4.69, 9.17) is 43.6 Å². The van der Waals surface area contributed by atoms with Crippen LogP contribution in [0.5, 0.6) is 0 Å². The Morgan fingerprint density at radius 2 is 1.29 bits per heavy atom. The molecule has 0 spiro atoms. The van der Waals surface area contributed by atoms with E-state index in [1.165, 1.54) is 12.8 Å². The minimum absolute atomic E-state index is 0.722. The average Bonchev–Trinajstić information content (AvgIpc) is 2.85. The van der Waals surface area contributed by atoms with Crippen molar-refractivity contribution in [1.82, 2.24) is 0 Å². The largest absolute Gasteiger partial charge is 0.577 e. The smallest absolute Gasteiger partial charge is 0.423 e. The van der Waals surface area contributed by atoms with Gasteiger partial charge < -0.3 is 15.2 Å². The van der Waals surface area contributed by atoms with E-state index in [1.807, 2.05) is 0 Å². The van der Waals surface area contributed by atoms with Crippen molar-refractivity contribution >= 4 is 19.1 Å². The normalized spacial score (nSPS) is 10.4. The molecule has 83 valence electrons. The van der Waals surface area contributed by atoms with Crippen LogP contribution in [0.1, 0.15) is 12.8 Å². The van der Waals surface area contributed by atoms with E-state index in [-0.39, 0.29) is 0 Å². The van der Waals surface area contributed by atoms with E-state index in [1.54, 1.807) is 0 Å². The summed E-state index contributed by atoms with van der Waals surface area (Å²) >= 11 is -0.722. The second-order valence-corrected chi connectivity index (χ2v) is 5.30. The molecule has 1 fully saturated rings. The molecule has 0 saturated carbocycles. The summed E-state index contributed by atoms with van der Waals surface area (Å²) in [6.07, 6.45) is 2.56. The number of halogens is 2. The quantitative estimate of drug-likeness (QED) is 0.449. The summed E-state index contributed by atoms with van der Waals surface area (Å²) in [5.41, 5.74) is 5.75. The molecular weight excluding hydrogens is 407 g/mol. The van der Waals surface area contributed by atoms with E-state index in [9.17, 15) is 0 Å². The summed E-state index contributed by atoms with van der Waals surface area (Å²) in [4.78, 5) is 7.25. The summed E-state index contributed by atoms with van der Waals surface area (Å²) in [5.74, 6) is 0. The Morgan fingerprint density at radius 3 is 1.36 bits per heavy atom. The molecule has 1 heterocycles. The molecule has 0 N–H and O–H groups in total. The minimum atomic E-state index is -0.722. The van der Waals surface area contributed by atoms with Crippen LogP contribution in [-0.2, 0) is 30.0 Å². The summed E-state index contributed by atoms with van der Waals surface area (Å²) < 4.78 is 19.9. The van der Waals surface area contributed by atoms with Gasteiger partial charge in [0.25, 0.3) is 0 Å². The Bertz CT molecular complexity index is 96.9. The monoisotopic (exact) mass is 415 g/mol. The Balaban J connectivity index is -0.0000000494. The third-order valence-electron chi connectivity index (χ3n) is 0.827. The Hall–Kier alpha value is 0.282. The molecule has 0 bridgehead atoms. The second kappa shape index (κ2) is 50.8. The average molecular weight is 415 g/mol. The molecule has 0 aromatic heterocycles. The fraction of sp³-hybridized carbons (Fsp3) is 0.667. The van der Waals surface area contributed by atoms with Crippen LogP contribution in [0.2, 0.25) is 0 Å². The van der Waals surface area contributed by atoms with E-state index in [2.05, 4.69) is 13.3 Å². The molecule has 0 atom stereocenters. The molecule has 0 unspecified atom stereocenters. The maximum Gasteiger partial charge on any atom is -0.423 e. The van der Waals surface area contributed by atoms with Gasteiger partial charge in [0.05, 0.1) is 0 Å². The Kier molecular flexibility index (Phi) is 86.4. The fourth-order valence-corrected chi connectivity index (χ4v) is 0.510. The first-order valence-electron chi connectivity index (χ1n) is 2.95. The Labute approximate surface area is 98.8 Å². The van der Waals surface area contributed by atoms with E-state index >= 15 is 0 Å². The van der Waals surface area contributed by atoms with Crippen LogP contribution in [0.25, 0.3) is 5.59 Å². The molecular formula is C6H8Cl2NO4Re-. The standard InChI is InChI=1S/C4H8O.2CO.2ClH.NO.Re/c1-2-4-5-3-1;2*1-2;;;1-2;/h1-4H2;;;2*1H;;/q;;;;;-1;+2/p-2. The van der Waals surface area contributed by atoms with Gasteiger partial charge >= 0.3 is 57.6 Å². The molecule has 0 aliphatic carbocycles. The molecule has 1 aliphatic rings. The predicted molar refractivity (Wildman–Crippen MR) is 46.3 cm³/mol. The van der Waals surface area contributed by atoms with Crippen LogP contribution in [0, 0.1) is 18.2 Å². The summed E-state index contributed by atoms with van der Waals surface area (Å²) in [6.45, 7) is 11.0. The number of nitroso groups, excluding NO2 is 1. The van der Waals surface area contributed by atoms with Gasteiger partial charge in [-0.1, -0.05) is 0 Å². The molecule has 0 amide bonds. The first kappa shape index (κ1) is 23.8. The molecule has 0 radical (unpaired) electrons. The van der Waals surface area contributed by atoms with E-state index < -0.39 is 15.9 Å². The van der Waals surface area contributed by atoms with Crippen molar-refractivity contribution in [3.05, 3.63) is 23.8 Å². The molecule has 0 aromatic rings. The van der Waals surface area contributed by atoms with Crippen molar-refractivity contribution in [3.8, 4) is 0 Å². The molecule has 8 heteroatoms. The molecule has 1 saturated heterocycles. The van der Waals surface area contributed by atoms with Gasteiger partial charge in [-0.25, -0.2) is 0 Å². The summed E-state index contributed by atoms with van der Waals surface area (Å²) in [5, 5.41) is 0. The number of hydrogen-bond acceptors (Lipinski definition) is 2. The van der Waals surface area contributed by atoms with Gasteiger partial charge in [0.15, 0.2) is 0 Å². The van der Waals surface area contributed by atoms with Crippen LogP contribution < -0.4 is 0 Å². The topological polar surface area (TPSA) is 88.4 Å². The first-order valence-corrected chi connectivity index (χ1v) is 9.68. The zero-order valence-electron chi connectivity index (χ0n) is 7.04. The van der Waals surface area contributed by atoms with Crippen LogP contribution >= 0.6 is 19.1 Å². The fourth-order valence-electron chi connectivity index (χ4n) is 0.510. The molecule has 1 rings (SSSR count). The third-order valence-corrected chi connectivity index (χ3v) is 0.827. The number of ether oxygens (including phenoxy) is 1. The maximum absolute atomic E-state index is 7.50. The number of nitrogens with zero attached hydrogens (tertiary/aromatic N) is 1. The van der Waals surface area contributed by atoms with Crippen LogP contribution in [0.3, 0.4) is 0 Å². The molecule has 0 aromatic carbocycles. The molecule has 5 nitrogen and oxygen atoms in total. The number of hydrogen-bond donors (Lipinski definition) is 0. The Morgan fingerprint density at radius 1 is 1.07 bits per heavy atom. The van der Waals surface area contributed by atoms with Gasteiger partial charge in [-0.05, 0) is 12.8 Å². The SMILES string of the molecule is C1CCOC1.[C-]#[O+].[C-]#[O+].[Cl][Re][Cl].[N-]=O. The minimum Gasteiger partial charge on any atom is -0.577 e. The zero-order chi connectivity index (χ0) is 12.2. The van der Waals surface area contributed by atoms with Crippen LogP contribution in [0.15, 0.2) is 0 Å². The van der Waals surface area contributed by atoms with Crippen molar-refractivity contribution in [2.24, 2.45) is 0 Å². The number of rotatable bonds is 0. The van der Waals surface area contributed by atoms with Gasteiger partial charge in [0.1, 0.15) is 0 Å². The summed E-state index contributed by atoms with van der Waals surface area (Å²) in [6, 6.07) is 0. The van der Waals surface area contributed by atoms with Crippen LogP contribution in [-0.4, -0.2) is 13.2 Å². The predicted octanol–water partition coefficient (Wildman–Crippen LogP) is 2.42. The van der Waals surface area contributed by atoms with Gasteiger partial charge in [-0.15, -0.1) is 0 Å². The van der Waals surface area contributed by atoms with Gasteiger partial charge in [0, 0.05) is 13.2 Å². The first-order chi connectivity index (χ1) is 6.91. The van der Waals surface area contributed by atoms with Crippen molar-refractivity contribution in [2.75, 3.05) is 13.2 Å². The van der Waals surface area contributed by atoms with Gasteiger partial charge in [0.2, 0.25) is 0 Å².